The fourth-order valence-electron chi connectivity index (χ4n) is 3.56. The smallest absolute Gasteiger partial charge is 0.293 e. The Balaban J connectivity index is 1.38. The molecule has 1 aliphatic rings. The van der Waals surface area contributed by atoms with Crippen LogP contribution in [0.1, 0.15) is 28.7 Å². The first-order valence-corrected chi connectivity index (χ1v) is 12.4. The van der Waals surface area contributed by atoms with Crippen molar-refractivity contribution in [2.45, 2.75) is 19.4 Å². The van der Waals surface area contributed by atoms with Crippen molar-refractivity contribution >= 4 is 44.9 Å². The Morgan fingerprint density at radius 2 is 1.79 bits per heavy atom. The summed E-state index contributed by atoms with van der Waals surface area (Å²) in [6, 6.07) is 25.0. The summed E-state index contributed by atoms with van der Waals surface area (Å²) in [5.74, 6) is 0.367. The number of thioether (sulfide) groups is 1. The molecule has 0 aromatic heterocycles. The van der Waals surface area contributed by atoms with E-state index in [9.17, 15) is 14.9 Å². The highest BCUT2D eigenvalue weighted by molar-refractivity contribution is 9.10. The summed E-state index contributed by atoms with van der Waals surface area (Å²) in [7, 11) is 0. The highest BCUT2D eigenvalue weighted by Gasteiger charge is 2.34. The third-order valence-electron chi connectivity index (χ3n) is 5.34. The molecule has 1 fully saturated rings. The van der Waals surface area contributed by atoms with Gasteiger partial charge in [0.1, 0.15) is 12.4 Å². The second kappa shape index (κ2) is 11.2. The molecule has 0 atom stereocenters. The fourth-order valence-corrected chi connectivity index (χ4v) is 4.94. The summed E-state index contributed by atoms with van der Waals surface area (Å²) in [6.07, 6.45) is 3.26. The van der Waals surface area contributed by atoms with E-state index in [0.29, 0.717) is 22.8 Å². The van der Waals surface area contributed by atoms with Crippen LogP contribution in [0, 0.1) is 11.3 Å². The van der Waals surface area contributed by atoms with Crippen LogP contribution in [0.25, 0.3) is 6.08 Å². The SMILES string of the molecule is N#Cc1ccccc1COc1ccc(/C=C2/SC(=O)N(CCCc3ccccc3)C2=O)cc1Br. The number of hydrogen-bond donors (Lipinski definition) is 0. The standard InChI is InChI=1S/C27H21BrN2O3S/c28-23-15-20(12-13-24(23)33-18-22-11-5-4-10-21(22)17-29)16-25-26(31)30(27(32)34-25)14-6-9-19-7-2-1-3-8-19/h1-5,7-8,10-13,15-16H,6,9,14,18H2/b25-16+. The van der Waals surface area contributed by atoms with E-state index in [1.807, 2.05) is 60.7 Å². The third-order valence-corrected chi connectivity index (χ3v) is 6.87. The molecule has 0 N–H and O–H groups in total. The summed E-state index contributed by atoms with van der Waals surface area (Å²) in [6.45, 7) is 0.668. The van der Waals surface area contributed by atoms with Crippen molar-refractivity contribution in [1.82, 2.24) is 4.90 Å². The lowest BCUT2D eigenvalue weighted by Gasteiger charge is -2.12. The van der Waals surface area contributed by atoms with Gasteiger partial charge >= 0.3 is 0 Å². The molecular formula is C27H21BrN2O3S. The van der Waals surface area contributed by atoms with E-state index in [1.54, 1.807) is 18.2 Å². The zero-order valence-corrected chi connectivity index (χ0v) is 20.6. The molecule has 3 aromatic carbocycles. The van der Waals surface area contributed by atoms with E-state index in [4.69, 9.17) is 4.74 Å². The van der Waals surface area contributed by atoms with Crippen LogP contribution >= 0.6 is 27.7 Å². The predicted octanol–water partition coefficient (Wildman–Crippen LogP) is 6.57. The molecule has 0 spiro atoms. The minimum Gasteiger partial charge on any atom is -0.488 e. The van der Waals surface area contributed by atoms with Crippen LogP contribution in [0.2, 0.25) is 0 Å². The van der Waals surface area contributed by atoms with Gasteiger partial charge in [-0.1, -0.05) is 54.6 Å². The van der Waals surface area contributed by atoms with E-state index in [0.717, 1.165) is 40.2 Å². The molecule has 1 saturated heterocycles. The molecular weight excluding hydrogens is 512 g/mol. The maximum absolute atomic E-state index is 12.8. The zero-order chi connectivity index (χ0) is 23.9. The van der Waals surface area contributed by atoms with Gasteiger partial charge in [-0.2, -0.15) is 5.26 Å². The van der Waals surface area contributed by atoms with E-state index in [-0.39, 0.29) is 17.8 Å². The number of carbonyl (C=O) groups is 2. The molecule has 0 saturated carbocycles. The molecule has 7 heteroatoms. The van der Waals surface area contributed by atoms with E-state index >= 15 is 0 Å². The van der Waals surface area contributed by atoms with Crippen molar-refractivity contribution in [3.05, 3.63) is 104 Å². The summed E-state index contributed by atoms with van der Waals surface area (Å²) in [5, 5.41) is 8.99. The number of imide groups is 1. The first-order valence-electron chi connectivity index (χ1n) is 10.7. The van der Waals surface area contributed by atoms with Gasteiger partial charge in [0, 0.05) is 12.1 Å². The number of nitriles is 1. The number of benzene rings is 3. The van der Waals surface area contributed by atoms with Gasteiger partial charge in [-0.05, 0) is 75.9 Å². The molecule has 2 amide bonds. The largest absolute Gasteiger partial charge is 0.488 e. The molecule has 0 unspecified atom stereocenters. The molecule has 0 radical (unpaired) electrons. The van der Waals surface area contributed by atoms with Gasteiger partial charge in [0.05, 0.1) is 21.0 Å². The Morgan fingerprint density at radius 1 is 1.03 bits per heavy atom. The summed E-state index contributed by atoms with van der Waals surface area (Å²) >= 11 is 4.48. The van der Waals surface area contributed by atoms with Crippen LogP contribution in [0.15, 0.2) is 82.2 Å². The Morgan fingerprint density at radius 3 is 2.56 bits per heavy atom. The van der Waals surface area contributed by atoms with Crippen molar-refractivity contribution in [2.75, 3.05) is 6.54 Å². The van der Waals surface area contributed by atoms with Gasteiger partial charge in [-0.3, -0.25) is 14.5 Å². The minimum absolute atomic E-state index is 0.237. The van der Waals surface area contributed by atoms with Crippen LogP contribution in [0.5, 0.6) is 5.75 Å². The number of amides is 2. The Labute approximate surface area is 211 Å². The molecule has 1 aliphatic heterocycles. The predicted molar refractivity (Wildman–Crippen MR) is 137 cm³/mol. The number of hydrogen-bond acceptors (Lipinski definition) is 5. The van der Waals surface area contributed by atoms with Crippen LogP contribution in [0.3, 0.4) is 0 Å². The van der Waals surface area contributed by atoms with Gasteiger partial charge in [0.25, 0.3) is 11.1 Å². The summed E-state index contributed by atoms with van der Waals surface area (Å²) in [5.41, 5.74) is 3.36. The van der Waals surface area contributed by atoms with E-state index < -0.39 is 0 Å². The average Bonchev–Trinajstić information content (AvgIpc) is 3.11. The molecule has 5 nitrogen and oxygen atoms in total. The van der Waals surface area contributed by atoms with Crippen LogP contribution < -0.4 is 4.74 Å². The maximum atomic E-state index is 12.8. The van der Waals surface area contributed by atoms with Gasteiger partial charge in [-0.25, -0.2) is 0 Å². The van der Waals surface area contributed by atoms with Gasteiger partial charge < -0.3 is 4.74 Å². The summed E-state index contributed by atoms with van der Waals surface area (Å²) in [4.78, 5) is 26.9. The summed E-state index contributed by atoms with van der Waals surface area (Å²) < 4.78 is 6.59. The maximum Gasteiger partial charge on any atom is 0.293 e. The lowest BCUT2D eigenvalue weighted by Crippen LogP contribution is -2.29. The monoisotopic (exact) mass is 532 g/mol. The Hall–Kier alpha value is -3.34. The topological polar surface area (TPSA) is 70.4 Å². The van der Waals surface area contributed by atoms with Gasteiger partial charge in [0.15, 0.2) is 0 Å². The molecule has 170 valence electrons. The quantitative estimate of drug-likeness (QED) is 0.307. The van der Waals surface area contributed by atoms with Crippen molar-refractivity contribution in [1.29, 1.82) is 5.26 Å². The first-order chi connectivity index (χ1) is 16.5. The third kappa shape index (κ3) is 5.77. The first kappa shape index (κ1) is 23.8. The second-order valence-corrected chi connectivity index (χ2v) is 9.52. The number of carbonyl (C=O) groups excluding carboxylic acids is 2. The molecule has 1 heterocycles. The molecule has 34 heavy (non-hydrogen) atoms. The van der Waals surface area contributed by atoms with Crippen LogP contribution in [0.4, 0.5) is 4.79 Å². The van der Waals surface area contributed by atoms with Crippen molar-refractivity contribution < 1.29 is 14.3 Å². The van der Waals surface area contributed by atoms with Crippen LogP contribution in [-0.2, 0) is 17.8 Å². The number of rotatable bonds is 8. The molecule has 0 aliphatic carbocycles. The highest BCUT2D eigenvalue weighted by Crippen LogP contribution is 2.34. The van der Waals surface area contributed by atoms with Crippen molar-refractivity contribution in [3.8, 4) is 11.8 Å². The van der Waals surface area contributed by atoms with Gasteiger partial charge in [0.2, 0.25) is 0 Å². The normalized spacial score (nSPS) is 14.5. The lowest BCUT2D eigenvalue weighted by molar-refractivity contribution is -0.122. The molecule has 4 rings (SSSR count). The van der Waals surface area contributed by atoms with Gasteiger partial charge in [-0.15, -0.1) is 0 Å². The zero-order valence-electron chi connectivity index (χ0n) is 18.2. The highest BCUT2D eigenvalue weighted by atomic mass is 79.9. The average molecular weight is 533 g/mol. The Kier molecular flexibility index (Phi) is 7.84. The minimum atomic E-state index is -0.257. The second-order valence-electron chi connectivity index (χ2n) is 7.67. The molecule has 0 bridgehead atoms. The number of ether oxygens (including phenoxy) is 1. The molecule has 3 aromatic rings. The van der Waals surface area contributed by atoms with Crippen molar-refractivity contribution in [2.24, 2.45) is 0 Å². The number of aryl methyl sites for hydroxylation is 1. The lowest BCUT2D eigenvalue weighted by atomic mass is 10.1. The Bertz CT molecular complexity index is 1280. The van der Waals surface area contributed by atoms with Crippen LogP contribution in [-0.4, -0.2) is 22.6 Å². The van der Waals surface area contributed by atoms with Crippen molar-refractivity contribution in [3.63, 3.8) is 0 Å². The van der Waals surface area contributed by atoms with E-state index in [1.165, 1.54) is 10.5 Å². The number of halogens is 1. The van der Waals surface area contributed by atoms with E-state index in [2.05, 4.69) is 22.0 Å². The fraction of sp³-hybridized carbons (Fsp3) is 0.148. The number of nitrogens with zero attached hydrogens (tertiary/aromatic N) is 2.